The number of halogens is 3. The zero-order valence-electron chi connectivity index (χ0n) is 14.5. The molecule has 140 valence electrons. The Hall–Kier alpha value is -0.260. The summed E-state index contributed by atoms with van der Waals surface area (Å²) in [5.74, 6) is 0.866. The van der Waals surface area contributed by atoms with Gasteiger partial charge >= 0.3 is 0 Å². The number of nitrogens with one attached hydrogen (secondary N) is 3. The third-order valence-electron chi connectivity index (χ3n) is 4.57. The second kappa shape index (κ2) is 10.2. The Morgan fingerprint density at radius 2 is 1.88 bits per heavy atom. The highest BCUT2D eigenvalue weighted by Crippen LogP contribution is 2.27. The molecule has 0 bridgehead atoms. The molecule has 25 heavy (non-hydrogen) atoms. The van der Waals surface area contributed by atoms with E-state index in [4.69, 9.17) is 47.0 Å². The molecule has 1 saturated carbocycles. The summed E-state index contributed by atoms with van der Waals surface area (Å²) in [6.45, 7) is 3.03. The smallest absolute Gasteiger partial charge is 0.267 e. The van der Waals surface area contributed by atoms with Crippen LogP contribution < -0.4 is 16.0 Å². The summed E-state index contributed by atoms with van der Waals surface area (Å²) in [5.41, 5.74) is 2.04. The number of rotatable bonds is 6. The molecular weight excluding hydrogens is 397 g/mol. The Labute approximate surface area is 171 Å². The Kier molecular flexibility index (Phi) is 8.56. The van der Waals surface area contributed by atoms with Gasteiger partial charge in [-0.2, -0.15) is 0 Å². The van der Waals surface area contributed by atoms with Crippen LogP contribution in [0.4, 0.5) is 5.69 Å². The largest absolute Gasteiger partial charge is 0.332 e. The van der Waals surface area contributed by atoms with Gasteiger partial charge in [0.25, 0.3) is 3.92 Å². The lowest BCUT2D eigenvalue weighted by molar-refractivity contribution is 0.305. The third-order valence-corrected chi connectivity index (χ3v) is 5.06. The molecule has 0 aromatic heterocycles. The molecule has 3 N–H and O–H groups in total. The van der Waals surface area contributed by atoms with Crippen LogP contribution in [0.25, 0.3) is 0 Å². The van der Waals surface area contributed by atoms with Crippen molar-refractivity contribution in [1.82, 2.24) is 10.6 Å². The number of hydrogen-bond donors (Lipinski definition) is 3. The molecule has 0 radical (unpaired) electrons. The number of para-hydroxylation sites is 1. The van der Waals surface area contributed by atoms with Crippen molar-refractivity contribution in [2.45, 2.75) is 62.0 Å². The Bertz CT molecular complexity index is 557. The molecule has 1 aliphatic carbocycles. The standard InChI is InChI=1S/C18H26Cl3N3S/c1-13(11-14-7-3-2-4-8-14)22-12-15-9-5-6-10-16(15)23-17(25)24-18(19,20)21/h5-6,9-10,13-14,22H,2-4,7-8,11-12H2,1H3,(H2,23,24,25). The maximum atomic E-state index is 5.71. The first-order valence-electron chi connectivity index (χ1n) is 8.80. The molecule has 1 aromatic carbocycles. The van der Waals surface area contributed by atoms with Gasteiger partial charge in [-0.25, -0.2) is 0 Å². The van der Waals surface area contributed by atoms with Crippen LogP contribution in [-0.4, -0.2) is 15.1 Å². The lowest BCUT2D eigenvalue weighted by Gasteiger charge is -2.25. The number of thiocarbonyl (C=S) groups is 1. The minimum atomic E-state index is -1.62. The van der Waals surface area contributed by atoms with Gasteiger partial charge in [0.15, 0.2) is 5.11 Å². The average molecular weight is 423 g/mol. The average Bonchev–Trinajstić information content (AvgIpc) is 2.53. The van der Waals surface area contributed by atoms with Crippen molar-refractivity contribution < 1.29 is 0 Å². The highest BCUT2D eigenvalue weighted by atomic mass is 35.6. The maximum Gasteiger partial charge on any atom is 0.267 e. The van der Waals surface area contributed by atoms with Crippen molar-refractivity contribution >= 4 is 57.8 Å². The van der Waals surface area contributed by atoms with Gasteiger partial charge in [-0.15, -0.1) is 0 Å². The summed E-state index contributed by atoms with van der Waals surface area (Å²) in [7, 11) is 0. The Balaban J connectivity index is 1.86. The van der Waals surface area contributed by atoms with E-state index in [9.17, 15) is 0 Å². The lowest BCUT2D eigenvalue weighted by atomic mass is 9.85. The Morgan fingerprint density at radius 1 is 1.20 bits per heavy atom. The molecule has 0 saturated heterocycles. The summed E-state index contributed by atoms with van der Waals surface area (Å²) in [4.78, 5) is 0. The lowest BCUT2D eigenvalue weighted by Crippen LogP contribution is -2.38. The van der Waals surface area contributed by atoms with Crippen molar-refractivity contribution in [2.24, 2.45) is 5.92 Å². The molecule has 1 aromatic rings. The monoisotopic (exact) mass is 421 g/mol. The van der Waals surface area contributed by atoms with E-state index in [1.54, 1.807) is 0 Å². The molecule has 0 spiro atoms. The van der Waals surface area contributed by atoms with E-state index in [1.807, 2.05) is 18.2 Å². The van der Waals surface area contributed by atoms with Crippen LogP contribution in [0.1, 0.15) is 51.0 Å². The topological polar surface area (TPSA) is 36.1 Å². The molecular formula is C18H26Cl3N3S. The van der Waals surface area contributed by atoms with E-state index in [0.717, 1.165) is 23.7 Å². The summed E-state index contributed by atoms with van der Waals surface area (Å²) >= 11 is 22.3. The zero-order chi connectivity index (χ0) is 18.3. The Morgan fingerprint density at radius 3 is 2.56 bits per heavy atom. The van der Waals surface area contributed by atoms with Gasteiger partial charge < -0.3 is 16.0 Å². The fourth-order valence-corrected chi connectivity index (χ4v) is 4.08. The first-order chi connectivity index (χ1) is 11.8. The van der Waals surface area contributed by atoms with Crippen LogP contribution in [0.2, 0.25) is 0 Å². The van der Waals surface area contributed by atoms with Crippen molar-refractivity contribution in [3.05, 3.63) is 29.8 Å². The summed E-state index contributed by atoms with van der Waals surface area (Å²) in [6, 6.07) is 8.49. The summed E-state index contributed by atoms with van der Waals surface area (Å²) in [6.07, 6.45) is 8.17. The SMILES string of the molecule is CC(CC1CCCCC1)NCc1ccccc1NC(=S)NC(Cl)(Cl)Cl. The molecule has 1 atom stereocenters. The molecule has 1 aliphatic rings. The van der Waals surface area contributed by atoms with E-state index in [2.05, 4.69) is 28.9 Å². The van der Waals surface area contributed by atoms with E-state index < -0.39 is 3.92 Å². The van der Waals surface area contributed by atoms with Gasteiger partial charge in [-0.3, -0.25) is 0 Å². The van der Waals surface area contributed by atoms with E-state index in [0.29, 0.717) is 6.04 Å². The van der Waals surface area contributed by atoms with Crippen LogP contribution in [0, 0.1) is 5.92 Å². The van der Waals surface area contributed by atoms with Gasteiger partial charge in [0, 0.05) is 18.3 Å². The van der Waals surface area contributed by atoms with Crippen molar-refractivity contribution in [2.75, 3.05) is 5.32 Å². The van der Waals surface area contributed by atoms with Crippen molar-refractivity contribution in [3.8, 4) is 0 Å². The summed E-state index contributed by atoms with van der Waals surface area (Å²) in [5, 5.41) is 9.62. The number of anilines is 1. The van der Waals surface area contributed by atoms with Gasteiger partial charge in [-0.05, 0) is 43.1 Å². The molecule has 7 heteroatoms. The zero-order valence-corrected chi connectivity index (χ0v) is 17.5. The maximum absolute atomic E-state index is 5.71. The van der Waals surface area contributed by atoms with Crippen molar-refractivity contribution in [3.63, 3.8) is 0 Å². The van der Waals surface area contributed by atoms with Gasteiger partial charge in [0.05, 0.1) is 0 Å². The van der Waals surface area contributed by atoms with E-state index in [1.165, 1.54) is 38.5 Å². The predicted octanol–water partition coefficient (Wildman–Crippen LogP) is 5.75. The number of alkyl halides is 3. The number of benzene rings is 1. The van der Waals surface area contributed by atoms with Gasteiger partial charge in [-0.1, -0.05) is 85.1 Å². The van der Waals surface area contributed by atoms with Crippen LogP contribution in [-0.2, 0) is 6.54 Å². The third kappa shape index (κ3) is 8.31. The molecule has 0 amide bonds. The van der Waals surface area contributed by atoms with E-state index >= 15 is 0 Å². The molecule has 1 fully saturated rings. The molecule has 2 rings (SSSR count). The van der Waals surface area contributed by atoms with Crippen molar-refractivity contribution in [1.29, 1.82) is 0 Å². The summed E-state index contributed by atoms with van der Waals surface area (Å²) < 4.78 is -1.62. The normalized spacial score (nSPS) is 17.1. The van der Waals surface area contributed by atoms with Crippen LogP contribution >= 0.6 is 47.0 Å². The quantitative estimate of drug-likeness (QED) is 0.310. The minimum absolute atomic E-state index is 0.280. The highest BCUT2D eigenvalue weighted by Gasteiger charge is 2.20. The van der Waals surface area contributed by atoms with Crippen LogP contribution in [0.3, 0.4) is 0 Å². The second-order valence-corrected chi connectivity index (χ2v) is 9.45. The fraction of sp³-hybridized carbons (Fsp3) is 0.611. The molecule has 3 nitrogen and oxygen atoms in total. The van der Waals surface area contributed by atoms with Gasteiger partial charge in [0.2, 0.25) is 0 Å². The first-order valence-corrected chi connectivity index (χ1v) is 10.3. The fourth-order valence-electron chi connectivity index (χ4n) is 3.37. The van der Waals surface area contributed by atoms with Crippen LogP contribution in [0.15, 0.2) is 24.3 Å². The van der Waals surface area contributed by atoms with Crippen LogP contribution in [0.5, 0.6) is 0 Å². The highest BCUT2D eigenvalue weighted by molar-refractivity contribution is 7.80. The first kappa shape index (κ1) is 21.0. The molecule has 0 heterocycles. The number of hydrogen-bond acceptors (Lipinski definition) is 2. The molecule has 0 aliphatic heterocycles. The minimum Gasteiger partial charge on any atom is -0.332 e. The second-order valence-electron chi connectivity index (χ2n) is 6.76. The molecule has 1 unspecified atom stereocenters. The van der Waals surface area contributed by atoms with E-state index in [-0.39, 0.29) is 5.11 Å². The van der Waals surface area contributed by atoms with Gasteiger partial charge in [0.1, 0.15) is 0 Å². The predicted molar refractivity (Wildman–Crippen MR) is 114 cm³/mol.